The Balaban J connectivity index is 1.45. The Labute approximate surface area is 217 Å². The third kappa shape index (κ3) is 5.57. The number of nitrogens with zero attached hydrogens (tertiary/aromatic N) is 1. The molecule has 0 radical (unpaired) electrons. The van der Waals surface area contributed by atoms with E-state index in [-0.39, 0.29) is 17.7 Å². The number of imide groups is 1. The lowest BCUT2D eigenvalue weighted by atomic mass is 10.2. The predicted molar refractivity (Wildman–Crippen MR) is 141 cm³/mol. The van der Waals surface area contributed by atoms with Crippen molar-refractivity contribution in [2.75, 3.05) is 0 Å². The quantitative estimate of drug-likeness (QED) is 0.207. The summed E-state index contributed by atoms with van der Waals surface area (Å²) in [6, 6.07) is 20.8. The van der Waals surface area contributed by atoms with Gasteiger partial charge < -0.3 is 4.74 Å². The third-order valence-electron chi connectivity index (χ3n) is 4.72. The molecule has 0 unspecified atom stereocenters. The smallest absolute Gasteiger partial charge is 0.293 e. The van der Waals surface area contributed by atoms with E-state index in [2.05, 4.69) is 38.5 Å². The molecule has 0 aromatic heterocycles. The van der Waals surface area contributed by atoms with E-state index in [0.29, 0.717) is 22.3 Å². The van der Waals surface area contributed by atoms with Crippen molar-refractivity contribution in [3.05, 3.63) is 101 Å². The van der Waals surface area contributed by atoms with Crippen molar-refractivity contribution >= 4 is 79.1 Å². The van der Waals surface area contributed by atoms with Gasteiger partial charge in [-0.2, -0.15) is 0 Å². The zero-order chi connectivity index (χ0) is 22.7. The lowest BCUT2D eigenvalue weighted by molar-refractivity contribution is -0.123. The summed E-state index contributed by atoms with van der Waals surface area (Å²) in [5.74, 6) is 0.377. The molecule has 0 atom stereocenters. The van der Waals surface area contributed by atoms with Crippen LogP contribution < -0.4 is 4.74 Å². The molecule has 0 aliphatic carbocycles. The van der Waals surface area contributed by atoms with E-state index in [1.807, 2.05) is 66.7 Å². The average Bonchev–Trinajstić information content (AvgIpc) is 3.03. The first kappa shape index (κ1) is 23.4. The SMILES string of the molecule is O=C1S/C(=C\c2ccc(OCc3ccccc3Cl)c(Br)c2)C(=O)N1Cc1ccc(I)cc1. The second-order valence-electron chi connectivity index (χ2n) is 6.96. The Bertz CT molecular complexity index is 1220. The monoisotopic (exact) mass is 639 g/mol. The third-order valence-corrected chi connectivity index (χ3v) is 7.34. The number of hydrogen-bond donors (Lipinski definition) is 0. The highest BCUT2D eigenvalue weighted by Crippen LogP contribution is 2.35. The van der Waals surface area contributed by atoms with Gasteiger partial charge in [0.2, 0.25) is 0 Å². The van der Waals surface area contributed by atoms with Gasteiger partial charge in [-0.3, -0.25) is 14.5 Å². The van der Waals surface area contributed by atoms with Gasteiger partial charge in [-0.05, 0) is 97.8 Å². The molecule has 0 N–H and O–H groups in total. The van der Waals surface area contributed by atoms with Crippen molar-refractivity contribution in [3.8, 4) is 5.75 Å². The first-order valence-corrected chi connectivity index (χ1v) is 12.6. The van der Waals surface area contributed by atoms with E-state index in [0.717, 1.165) is 36.5 Å². The maximum absolute atomic E-state index is 12.8. The minimum Gasteiger partial charge on any atom is -0.488 e. The van der Waals surface area contributed by atoms with E-state index in [4.69, 9.17) is 16.3 Å². The first-order valence-electron chi connectivity index (χ1n) is 9.56. The molecule has 1 aliphatic heterocycles. The second kappa shape index (κ2) is 10.4. The van der Waals surface area contributed by atoms with Crippen LogP contribution in [0.4, 0.5) is 4.79 Å². The summed E-state index contributed by atoms with van der Waals surface area (Å²) in [6.07, 6.45) is 1.72. The molecule has 4 rings (SSSR count). The molecule has 1 aliphatic rings. The molecule has 1 fully saturated rings. The van der Waals surface area contributed by atoms with Gasteiger partial charge in [-0.25, -0.2) is 0 Å². The van der Waals surface area contributed by atoms with Gasteiger partial charge in [0.25, 0.3) is 11.1 Å². The number of carbonyl (C=O) groups excluding carboxylic acids is 2. The fourth-order valence-corrected chi connectivity index (χ4v) is 4.95. The molecule has 1 heterocycles. The first-order chi connectivity index (χ1) is 15.4. The number of benzene rings is 3. The van der Waals surface area contributed by atoms with Crippen molar-refractivity contribution in [3.63, 3.8) is 0 Å². The molecule has 32 heavy (non-hydrogen) atoms. The predicted octanol–water partition coefficient (Wildman–Crippen LogP) is 7.52. The number of halogens is 3. The number of carbonyl (C=O) groups is 2. The van der Waals surface area contributed by atoms with Crippen molar-refractivity contribution < 1.29 is 14.3 Å². The Kier molecular flexibility index (Phi) is 7.60. The van der Waals surface area contributed by atoms with E-state index in [1.165, 1.54) is 4.90 Å². The van der Waals surface area contributed by atoms with Crippen LogP contribution in [-0.2, 0) is 17.9 Å². The highest BCUT2D eigenvalue weighted by molar-refractivity contribution is 14.1. The molecular formula is C24H16BrClINO3S. The average molecular weight is 641 g/mol. The van der Waals surface area contributed by atoms with E-state index >= 15 is 0 Å². The summed E-state index contributed by atoms with van der Waals surface area (Å²) in [7, 11) is 0. The Morgan fingerprint density at radius 2 is 1.81 bits per heavy atom. The Hall–Kier alpha value is -1.81. The fourth-order valence-electron chi connectivity index (χ4n) is 3.05. The molecule has 0 saturated carbocycles. The maximum Gasteiger partial charge on any atom is 0.293 e. The molecular weight excluding hydrogens is 625 g/mol. The maximum atomic E-state index is 12.8. The number of thioether (sulfide) groups is 1. The summed E-state index contributed by atoms with van der Waals surface area (Å²) >= 11 is 12.9. The minimum atomic E-state index is -0.284. The van der Waals surface area contributed by atoms with E-state index < -0.39 is 0 Å². The highest BCUT2D eigenvalue weighted by atomic mass is 127. The second-order valence-corrected chi connectivity index (χ2v) is 10.5. The molecule has 0 spiro atoms. The summed E-state index contributed by atoms with van der Waals surface area (Å²) in [5, 5.41) is 0.389. The van der Waals surface area contributed by atoms with Crippen LogP contribution in [0.25, 0.3) is 6.08 Å². The minimum absolute atomic E-state index is 0.261. The van der Waals surface area contributed by atoms with Crippen LogP contribution in [0.15, 0.2) is 76.1 Å². The van der Waals surface area contributed by atoms with Crippen LogP contribution in [0.5, 0.6) is 5.75 Å². The fraction of sp³-hybridized carbons (Fsp3) is 0.0833. The van der Waals surface area contributed by atoms with Crippen LogP contribution >= 0.6 is 61.9 Å². The van der Waals surface area contributed by atoms with Crippen LogP contribution in [-0.4, -0.2) is 16.0 Å². The van der Waals surface area contributed by atoms with Crippen molar-refractivity contribution in [2.24, 2.45) is 0 Å². The molecule has 0 bridgehead atoms. The van der Waals surface area contributed by atoms with Gasteiger partial charge in [0.1, 0.15) is 12.4 Å². The van der Waals surface area contributed by atoms with E-state index in [9.17, 15) is 9.59 Å². The molecule has 3 aromatic carbocycles. The van der Waals surface area contributed by atoms with Gasteiger partial charge in [-0.15, -0.1) is 0 Å². The Morgan fingerprint density at radius 1 is 1.06 bits per heavy atom. The summed E-state index contributed by atoms with van der Waals surface area (Å²) in [4.78, 5) is 26.9. The van der Waals surface area contributed by atoms with Crippen molar-refractivity contribution in [1.29, 1.82) is 0 Å². The summed E-state index contributed by atoms with van der Waals surface area (Å²) in [5.41, 5.74) is 2.60. The number of ether oxygens (including phenoxy) is 1. The number of amides is 2. The van der Waals surface area contributed by atoms with Gasteiger partial charge in [0.05, 0.1) is 15.9 Å². The van der Waals surface area contributed by atoms with Gasteiger partial charge in [0, 0.05) is 14.2 Å². The van der Waals surface area contributed by atoms with Gasteiger partial charge >= 0.3 is 0 Å². The van der Waals surface area contributed by atoms with Crippen molar-refractivity contribution in [2.45, 2.75) is 13.2 Å². The van der Waals surface area contributed by atoms with Gasteiger partial charge in [0.15, 0.2) is 0 Å². The molecule has 162 valence electrons. The van der Waals surface area contributed by atoms with Crippen LogP contribution in [0.1, 0.15) is 16.7 Å². The Morgan fingerprint density at radius 3 is 2.53 bits per heavy atom. The lowest BCUT2D eigenvalue weighted by Gasteiger charge is -2.12. The lowest BCUT2D eigenvalue weighted by Crippen LogP contribution is -2.27. The van der Waals surface area contributed by atoms with Crippen molar-refractivity contribution in [1.82, 2.24) is 4.90 Å². The van der Waals surface area contributed by atoms with Crippen LogP contribution in [0.3, 0.4) is 0 Å². The summed E-state index contributed by atoms with van der Waals surface area (Å²) < 4.78 is 7.72. The zero-order valence-corrected chi connectivity index (χ0v) is 21.9. The van der Waals surface area contributed by atoms with E-state index in [1.54, 1.807) is 6.08 Å². The molecule has 2 amide bonds. The molecule has 1 saturated heterocycles. The normalized spacial score (nSPS) is 15.0. The van der Waals surface area contributed by atoms with Crippen LogP contribution in [0, 0.1) is 3.57 Å². The molecule has 3 aromatic rings. The highest BCUT2D eigenvalue weighted by Gasteiger charge is 2.35. The molecule has 8 heteroatoms. The summed E-state index contributed by atoms with van der Waals surface area (Å²) in [6.45, 7) is 0.604. The number of rotatable bonds is 6. The zero-order valence-electron chi connectivity index (χ0n) is 16.6. The number of hydrogen-bond acceptors (Lipinski definition) is 4. The van der Waals surface area contributed by atoms with Gasteiger partial charge in [-0.1, -0.05) is 48.0 Å². The van der Waals surface area contributed by atoms with Crippen LogP contribution in [0.2, 0.25) is 5.02 Å². The standard InChI is InChI=1S/C24H16BrClINO3S/c25-19-11-16(7-10-21(19)31-14-17-3-1-2-4-20(17)26)12-22-23(29)28(24(30)32-22)13-15-5-8-18(27)9-6-15/h1-12H,13-14H2/b22-12-. The topological polar surface area (TPSA) is 46.6 Å². The molecule has 4 nitrogen and oxygen atoms in total. The largest absolute Gasteiger partial charge is 0.488 e.